The zero-order valence-electron chi connectivity index (χ0n) is 19.9. The molecule has 1 N–H and O–H groups in total. The number of rotatable bonds is 9. The van der Waals surface area contributed by atoms with E-state index < -0.39 is 51.9 Å². The minimum Gasteiger partial charge on any atom is -0.352 e. The Balaban J connectivity index is 2.49. The van der Waals surface area contributed by atoms with Gasteiger partial charge < -0.3 is 10.2 Å². The van der Waals surface area contributed by atoms with E-state index in [1.165, 1.54) is 6.92 Å². The van der Waals surface area contributed by atoms with Gasteiger partial charge in [0, 0.05) is 17.6 Å². The van der Waals surface area contributed by atoms with Crippen LogP contribution in [0.2, 0.25) is 10.0 Å². The maximum Gasteiger partial charge on any atom is 0.416 e. The molecule has 0 aliphatic heterocycles. The van der Waals surface area contributed by atoms with Gasteiger partial charge in [-0.1, -0.05) is 35.3 Å². The molecule has 2 rings (SSSR count). The van der Waals surface area contributed by atoms with E-state index in [1.54, 1.807) is 38.1 Å². The van der Waals surface area contributed by atoms with Crippen molar-refractivity contribution in [1.82, 2.24) is 10.2 Å². The van der Waals surface area contributed by atoms with Gasteiger partial charge in [-0.15, -0.1) is 0 Å². The minimum atomic E-state index is -4.77. The van der Waals surface area contributed by atoms with Crippen LogP contribution in [0, 0.1) is 0 Å². The maximum absolute atomic E-state index is 13.4. The molecular formula is C23H26Cl2F3N3O4S. The van der Waals surface area contributed by atoms with E-state index >= 15 is 0 Å². The summed E-state index contributed by atoms with van der Waals surface area (Å²) in [5, 5.41) is 2.84. The molecule has 0 aliphatic carbocycles. The average Bonchev–Trinajstić information content (AvgIpc) is 2.75. The number of hydrogen-bond donors (Lipinski definition) is 1. The lowest BCUT2D eigenvalue weighted by Gasteiger charge is -2.32. The van der Waals surface area contributed by atoms with Gasteiger partial charge in [0.1, 0.15) is 12.6 Å². The SMILES string of the molecule is CC(C)NC(=O)C(C)N(Cc1ccc(Cl)cc1)C(=O)CN(c1cc(C(F)(F)F)ccc1Cl)S(C)(=O)=O. The van der Waals surface area contributed by atoms with E-state index in [4.69, 9.17) is 23.2 Å². The summed E-state index contributed by atoms with van der Waals surface area (Å²) in [5.41, 5.74) is -1.04. The lowest BCUT2D eigenvalue weighted by molar-refractivity contribution is -0.139. The highest BCUT2D eigenvalue weighted by atomic mass is 35.5. The van der Waals surface area contributed by atoms with Crippen LogP contribution < -0.4 is 9.62 Å². The molecule has 0 heterocycles. The second-order valence-electron chi connectivity index (χ2n) is 8.42. The van der Waals surface area contributed by atoms with Crippen molar-refractivity contribution < 1.29 is 31.2 Å². The van der Waals surface area contributed by atoms with Crippen LogP contribution in [0.4, 0.5) is 18.9 Å². The molecule has 1 unspecified atom stereocenters. The van der Waals surface area contributed by atoms with Gasteiger partial charge >= 0.3 is 6.18 Å². The first-order chi connectivity index (χ1) is 16.5. The Hall–Kier alpha value is -2.50. The Morgan fingerprint density at radius 3 is 2.11 bits per heavy atom. The molecule has 0 radical (unpaired) electrons. The fraction of sp³-hybridized carbons (Fsp3) is 0.391. The van der Waals surface area contributed by atoms with E-state index in [0.717, 1.165) is 17.2 Å². The summed E-state index contributed by atoms with van der Waals surface area (Å²) in [6, 6.07) is 7.35. The van der Waals surface area contributed by atoms with Gasteiger partial charge in [-0.05, 0) is 56.7 Å². The summed E-state index contributed by atoms with van der Waals surface area (Å²) in [6.07, 6.45) is -4.02. The van der Waals surface area contributed by atoms with Gasteiger partial charge in [0.2, 0.25) is 21.8 Å². The van der Waals surface area contributed by atoms with Gasteiger partial charge in [0.25, 0.3) is 0 Å². The maximum atomic E-state index is 13.4. The third-order valence-electron chi connectivity index (χ3n) is 5.09. The fourth-order valence-electron chi connectivity index (χ4n) is 3.25. The van der Waals surface area contributed by atoms with Gasteiger partial charge in [0.15, 0.2) is 0 Å². The smallest absolute Gasteiger partial charge is 0.352 e. The van der Waals surface area contributed by atoms with Crippen molar-refractivity contribution in [3.05, 3.63) is 63.6 Å². The highest BCUT2D eigenvalue weighted by Gasteiger charge is 2.34. The number of hydrogen-bond acceptors (Lipinski definition) is 4. The van der Waals surface area contributed by atoms with Gasteiger partial charge in [0.05, 0.1) is 22.5 Å². The molecule has 0 saturated heterocycles. The lowest BCUT2D eigenvalue weighted by Crippen LogP contribution is -2.52. The Morgan fingerprint density at radius 1 is 1.03 bits per heavy atom. The molecule has 0 saturated carbocycles. The molecule has 0 fully saturated rings. The van der Waals surface area contributed by atoms with Crippen molar-refractivity contribution >= 4 is 50.7 Å². The third kappa shape index (κ3) is 8.01. The standard InChI is InChI=1S/C23H26Cl2F3N3O4S/c1-14(2)29-22(33)15(3)30(12-16-5-8-18(24)9-6-16)21(32)13-31(36(4,34)35)20-11-17(23(26,27)28)7-10-19(20)25/h5-11,14-15H,12-13H2,1-4H3,(H,29,33). The molecule has 0 bridgehead atoms. The number of sulfonamides is 1. The highest BCUT2D eigenvalue weighted by molar-refractivity contribution is 7.92. The van der Waals surface area contributed by atoms with Crippen LogP contribution in [0.3, 0.4) is 0 Å². The van der Waals surface area contributed by atoms with E-state index in [-0.39, 0.29) is 17.6 Å². The number of amides is 2. The predicted molar refractivity (Wildman–Crippen MR) is 133 cm³/mol. The average molecular weight is 568 g/mol. The molecule has 198 valence electrons. The van der Waals surface area contributed by atoms with E-state index in [0.29, 0.717) is 27.0 Å². The zero-order chi connectivity index (χ0) is 27.4. The van der Waals surface area contributed by atoms with E-state index in [9.17, 15) is 31.2 Å². The van der Waals surface area contributed by atoms with E-state index in [1.807, 2.05) is 0 Å². The highest BCUT2D eigenvalue weighted by Crippen LogP contribution is 2.36. The van der Waals surface area contributed by atoms with Gasteiger partial charge in [-0.2, -0.15) is 13.2 Å². The summed E-state index contributed by atoms with van der Waals surface area (Å²) in [5.74, 6) is -1.31. The number of nitrogens with zero attached hydrogens (tertiary/aromatic N) is 2. The minimum absolute atomic E-state index is 0.0867. The predicted octanol–water partition coefficient (Wildman–Crippen LogP) is 4.72. The first kappa shape index (κ1) is 29.7. The van der Waals surface area contributed by atoms with Crippen LogP contribution >= 0.6 is 23.2 Å². The van der Waals surface area contributed by atoms with Crippen LogP contribution in [0.5, 0.6) is 0 Å². The second kappa shape index (κ2) is 11.7. The van der Waals surface area contributed by atoms with Crippen molar-refractivity contribution in [3.8, 4) is 0 Å². The summed E-state index contributed by atoms with van der Waals surface area (Å²) >= 11 is 12.0. The summed E-state index contributed by atoms with van der Waals surface area (Å²) in [6.45, 7) is 3.96. The first-order valence-corrected chi connectivity index (χ1v) is 13.3. The molecule has 13 heteroatoms. The molecule has 0 spiro atoms. The lowest BCUT2D eigenvalue weighted by atomic mass is 10.1. The Bertz CT molecular complexity index is 1210. The van der Waals surface area contributed by atoms with Crippen molar-refractivity contribution in [2.24, 2.45) is 0 Å². The second-order valence-corrected chi connectivity index (χ2v) is 11.2. The number of halogens is 5. The van der Waals surface area contributed by atoms with Crippen LogP contribution in [0.25, 0.3) is 0 Å². The topological polar surface area (TPSA) is 86.8 Å². The number of anilines is 1. The first-order valence-electron chi connectivity index (χ1n) is 10.7. The molecule has 0 aliphatic rings. The van der Waals surface area contributed by atoms with E-state index in [2.05, 4.69) is 5.32 Å². The van der Waals surface area contributed by atoms with Crippen molar-refractivity contribution in [2.75, 3.05) is 17.1 Å². The molecule has 0 aromatic heterocycles. The summed E-state index contributed by atoms with van der Waals surface area (Å²) < 4.78 is 65.5. The van der Waals surface area contributed by atoms with Crippen molar-refractivity contribution in [1.29, 1.82) is 0 Å². The summed E-state index contributed by atoms with van der Waals surface area (Å²) in [7, 11) is -4.26. The Kier molecular flexibility index (Phi) is 9.66. The Morgan fingerprint density at radius 2 is 1.61 bits per heavy atom. The number of carbonyl (C=O) groups excluding carboxylic acids is 2. The largest absolute Gasteiger partial charge is 0.416 e. The fourth-order valence-corrected chi connectivity index (χ4v) is 4.50. The van der Waals surface area contributed by atoms with Crippen molar-refractivity contribution in [3.63, 3.8) is 0 Å². The molecular weight excluding hydrogens is 542 g/mol. The number of alkyl halides is 3. The Labute approximate surface area is 218 Å². The monoisotopic (exact) mass is 567 g/mol. The van der Waals surface area contributed by atoms with Crippen molar-refractivity contribution in [2.45, 2.75) is 45.6 Å². The number of nitrogens with one attached hydrogen (secondary N) is 1. The molecule has 1 atom stereocenters. The molecule has 2 aromatic rings. The third-order valence-corrected chi connectivity index (χ3v) is 6.78. The molecule has 2 amide bonds. The van der Waals surface area contributed by atoms with Crippen LogP contribution in [0.15, 0.2) is 42.5 Å². The molecule has 7 nitrogen and oxygen atoms in total. The molecule has 36 heavy (non-hydrogen) atoms. The molecule has 2 aromatic carbocycles. The van der Waals surface area contributed by atoms with Crippen LogP contribution in [-0.2, 0) is 32.3 Å². The normalized spacial score (nSPS) is 12.8. The van der Waals surface area contributed by atoms with Gasteiger partial charge in [-0.25, -0.2) is 8.42 Å². The van der Waals surface area contributed by atoms with Gasteiger partial charge in [-0.3, -0.25) is 13.9 Å². The number of benzene rings is 2. The van der Waals surface area contributed by atoms with Crippen LogP contribution in [0.1, 0.15) is 31.9 Å². The zero-order valence-corrected chi connectivity index (χ0v) is 22.3. The number of carbonyl (C=O) groups is 2. The quantitative estimate of drug-likeness (QED) is 0.475. The van der Waals surface area contributed by atoms with Crippen LogP contribution in [-0.4, -0.2) is 50.0 Å². The summed E-state index contributed by atoms with van der Waals surface area (Å²) in [4.78, 5) is 27.3.